The zero-order valence-corrected chi connectivity index (χ0v) is 16.0. The molecule has 1 N–H and O–H groups in total. The summed E-state index contributed by atoms with van der Waals surface area (Å²) in [4.78, 5) is 12.5. The van der Waals surface area contributed by atoms with Crippen molar-refractivity contribution in [2.75, 3.05) is 7.11 Å². The quantitative estimate of drug-likeness (QED) is 0.707. The lowest BCUT2D eigenvalue weighted by molar-refractivity contribution is 0.0928. The van der Waals surface area contributed by atoms with Crippen LogP contribution in [-0.2, 0) is 13.0 Å². The number of methoxy groups -OCH3 is 1. The number of nitrogens with one attached hydrogen (secondary N) is 1. The van der Waals surface area contributed by atoms with E-state index in [4.69, 9.17) is 4.74 Å². The highest BCUT2D eigenvalue weighted by Gasteiger charge is 2.27. The Kier molecular flexibility index (Phi) is 5.29. The Hall–Kier alpha value is -3.22. The first-order valence-corrected chi connectivity index (χ1v) is 9.49. The first kappa shape index (κ1) is 19.1. The molecule has 0 saturated heterocycles. The minimum atomic E-state index is -0.870. The number of hydrogen-bond donors (Lipinski definition) is 1. The zero-order chi connectivity index (χ0) is 20.4. The number of ether oxygens (including phenoxy) is 1. The van der Waals surface area contributed by atoms with Crippen LogP contribution in [-0.4, -0.2) is 22.8 Å². The predicted octanol–water partition coefficient (Wildman–Crippen LogP) is 4.03. The molecular weight excluding hydrogens is 376 g/mol. The number of carbonyl (C=O) groups excluding carboxylic acids is 1. The maximum Gasteiger partial charge on any atom is 0.254 e. The number of amides is 1. The molecule has 150 valence electrons. The molecule has 0 fully saturated rings. The molecule has 3 aromatic rings. The molecule has 0 unspecified atom stereocenters. The van der Waals surface area contributed by atoms with Gasteiger partial charge in [0.1, 0.15) is 17.4 Å². The summed E-state index contributed by atoms with van der Waals surface area (Å²) < 4.78 is 34.4. The summed E-state index contributed by atoms with van der Waals surface area (Å²) in [6, 6.07) is 10.5. The summed E-state index contributed by atoms with van der Waals surface area (Å²) in [5, 5.41) is 7.39. The maximum absolute atomic E-state index is 13.9. The lowest BCUT2D eigenvalue weighted by Crippen LogP contribution is -2.31. The Morgan fingerprint density at radius 2 is 2.10 bits per heavy atom. The number of rotatable bonds is 5. The number of aromatic nitrogens is 2. The van der Waals surface area contributed by atoms with Crippen LogP contribution < -0.4 is 10.1 Å². The molecule has 0 spiro atoms. The lowest BCUT2D eigenvalue weighted by atomic mass is 9.92. The lowest BCUT2D eigenvalue weighted by Gasteiger charge is -2.24. The van der Waals surface area contributed by atoms with Crippen molar-refractivity contribution in [3.05, 3.63) is 82.7 Å². The molecule has 0 aliphatic heterocycles. The van der Waals surface area contributed by atoms with E-state index in [1.807, 2.05) is 28.9 Å². The molecule has 4 rings (SSSR count). The molecule has 1 heterocycles. The van der Waals surface area contributed by atoms with Gasteiger partial charge in [0.05, 0.1) is 31.5 Å². The predicted molar refractivity (Wildman–Crippen MR) is 104 cm³/mol. The van der Waals surface area contributed by atoms with Crippen molar-refractivity contribution in [2.24, 2.45) is 0 Å². The van der Waals surface area contributed by atoms with Gasteiger partial charge in [0.15, 0.2) is 0 Å². The first-order chi connectivity index (χ1) is 14.1. The van der Waals surface area contributed by atoms with Gasteiger partial charge in [0, 0.05) is 22.9 Å². The Balaban J connectivity index is 1.56. The largest absolute Gasteiger partial charge is 0.496 e. The maximum atomic E-state index is 13.9. The van der Waals surface area contributed by atoms with Crippen LogP contribution >= 0.6 is 0 Å². The topological polar surface area (TPSA) is 56.1 Å². The van der Waals surface area contributed by atoms with Crippen molar-refractivity contribution in [1.29, 1.82) is 0 Å². The summed E-state index contributed by atoms with van der Waals surface area (Å²) >= 11 is 0. The van der Waals surface area contributed by atoms with Gasteiger partial charge >= 0.3 is 0 Å². The fraction of sp³-hybridized carbons (Fsp3) is 0.273. The molecule has 1 atom stereocenters. The standard InChI is InChI=1S/C22H21F2N3O2/c1-29-21-8-3-2-5-14(21)13-27-20-7-4-6-19(17(20)12-25-27)26-22(28)16-10-9-15(23)11-18(16)24/h2-3,5,8-12,19H,4,6-7,13H2,1H3,(H,26,28)/t19-/m0/s1. The van der Waals surface area contributed by atoms with Crippen molar-refractivity contribution >= 4 is 5.91 Å². The summed E-state index contributed by atoms with van der Waals surface area (Å²) in [5.74, 6) is -1.34. The van der Waals surface area contributed by atoms with Gasteiger partial charge in [0.25, 0.3) is 5.91 Å². The third-order valence-electron chi connectivity index (χ3n) is 5.26. The van der Waals surface area contributed by atoms with Crippen LogP contribution in [0.15, 0.2) is 48.7 Å². The number of para-hydroxylation sites is 1. The average Bonchev–Trinajstić information content (AvgIpc) is 3.12. The Morgan fingerprint density at radius 1 is 1.28 bits per heavy atom. The summed E-state index contributed by atoms with van der Waals surface area (Å²) in [6.07, 6.45) is 4.22. The molecule has 0 bridgehead atoms. The zero-order valence-electron chi connectivity index (χ0n) is 16.0. The van der Waals surface area contributed by atoms with Gasteiger partial charge < -0.3 is 10.1 Å². The van der Waals surface area contributed by atoms with Crippen molar-refractivity contribution in [3.8, 4) is 5.75 Å². The molecule has 29 heavy (non-hydrogen) atoms. The molecule has 1 aromatic heterocycles. The van der Waals surface area contributed by atoms with Crippen LogP contribution in [0.2, 0.25) is 0 Å². The fourth-order valence-electron chi connectivity index (χ4n) is 3.81. The van der Waals surface area contributed by atoms with E-state index in [2.05, 4.69) is 10.4 Å². The van der Waals surface area contributed by atoms with E-state index in [-0.39, 0.29) is 11.6 Å². The molecule has 1 aliphatic rings. The van der Waals surface area contributed by atoms with Gasteiger partial charge in [-0.2, -0.15) is 5.10 Å². The molecule has 1 aliphatic carbocycles. The van der Waals surface area contributed by atoms with Crippen molar-refractivity contribution in [3.63, 3.8) is 0 Å². The molecular formula is C22H21F2N3O2. The van der Waals surface area contributed by atoms with Crippen LogP contribution in [0.5, 0.6) is 5.75 Å². The van der Waals surface area contributed by atoms with Gasteiger partial charge in [-0.3, -0.25) is 9.48 Å². The van der Waals surface area contributed by atoms with Crippen LogP contribution in [0.3, 0.4) is 0 Å². The van der Waals surface area contributed by atoms with Crippen LogP contribution in [0, 0.1) is 11.6 Å². The van der Waals surface area contributed by atoms with Gasteiger partial charge in [-0.15, -0.1) is 0 Å². The SMILES string of the molecule is COc1ccccc1Cn1ncc2c1CCC[C@@H]2NC(=O)c1ccc(F)cc1F. The van der Waals surface area contributed by atoms with E-state index in [0.717, 1.165) is 54.0 Å². The summed E-state index contributed by atoms with van der Waals surface area (Å²) in [6.45, 7) is 0.562. The van der Waals surface area contributed by atoms with Crippen LogP contribution in [0.1, 0.15) is 46.1 Å². The second-order valence-corrected chi connectivity index (χ2v) is 7.06. The van der Waals surface area contributed by atoms with Gasteiger partial charge in [-0.05, 0) is 37.5 Å². The first-order valence-electron chi connectivity index (χ1n) is 9.49. The normalized spacial score (nSPS) is 15.6. The Labute approximate surface area is 167 Å². The molecule has 2 aromatic carbocycles. The second kappa shape index (κ2) is 8.03. The highest BCUT2D eigenvalue weighted by Crippen LogP contribution is 2.31. The van der Waals surface area contributed by atoms with Crippen molar-refractivity contribution in [1.82, 2.24) is 15.1 Å². The van der Waals surface area contributed by atoms with Crippen LogP contribution in [0.4, 0.5) is 8.78 Å². The number of fused-ring (bicyclic) bond motifs is 1. The summed E-state index contributed by atoms with van der Waals surface area (Å²) in [7, 11) is 1.64. The second-order valence-electron chi connectivity index (χ2n) is 7.06. The van der Waals surface area contributed by atoms with Crippen molar-refractivity contribution in [2.45, 2.75) is 31.8 Å². The fourth-order valence-corrected chi connectivity index (χ4v) is 3.81. The van der Waals surface area contributed by atoms with Gasteiger partial charge in [-0.25, -0.2) is 8.78 Å². The minimum absolute atomic E-state index is 0.167. The number of nitrogens with zero attached hydrogens (tertiary/aromatic N) is 2. The summed E-state index contributed by atoms with van der Waals surface area (Å²) in [5.41, 5.74) is 2.83. The van der Waals surface area contributed by atoms with Gasteiger partial charge in [-0.1, -0.05) is 18.2 Å². The van der Waals surface area contributed by atoms with E-state index in [9.17, 15) is 13.6 Å². The molecule has 0 radical (unpaired) electrons. The minimum Gasteiger partial charge on any atom is -0.496 e. The highest BCUT2D eigenvalue weighted by molar-refractivity contribution is 5.94. The third kappa shape index (κ3) is 3.85. The van der Waals surface area contributed by atoms with E-state index in [1.165, 1.54) is 0 Å². The molecule has 0 saturated carbocycles. The van der Waals surface area contributed by atoms with E-state index in [1.54, 1.807) is 13.3 Å². The Bertz CT molecular complexity index is 1050. The molecule has 5 nitrogen and oxygen atoms in total. The molecule has 7 heteroatoms. The number of hydrogen-bond acceptors (Lipinski definition) is 3. The van der Waals surface area contributed by atoms with Crippen molar-refractivity contribution < 1.29 is 18.3 Å². The van der Waals surface area contributed by atoms with E-state index in [0.29, 0.717) is 12.6 Å². The number of benzene rings is 2. The Morgan fingerprint density at radius 3 is 2.90 bits per heavy atom. The monoisotopic (exact) mass is 397 g/mol. The third-order valence-corrected chi connectivity index (χ3v) is 5.26. The van der Waals surface area contributed by atoms with E-state index < -0.39 is 17.5 Å². The van der Waals surface area contributed by atoms with E-state index >= 15 is 0 Å². The smallest absolute Gasteiger partial charge is 0.254 e. The van der Waals surface area contributed by atoms with Gasteiger partial charge in [0.2, 0.25) is 0 Å². The number of halogens is 2. The highest BCUT2D eigenvalue weighted by atomic mass is 19.1. The average molecular weight is 397 g/mol. The molecule has 1 amide bonds. The number of carbonyl (C=O) groups is 1. The van der Waals surface area contributed by atoms with Crippen LogP contribution in [0.25, 0.3) is 0 Å².